The van der Waals surface area contributed by atoms with E-state index in [0.717, 1.165) is 38.1 Å². The number of piperidine rings is 1. The summed E-state index contributed by atoms with van der Waals surface area (Å²) in [6.45, 7) is 6.27. The van der Waals surface area contributed by atoms with Gasteiger partial charge in [0.25, 0.3) is 5.91 Å². The van der Waals surface area contributed by atoms with Gasteiger partial charge in [0, 0.05) is 32.2 Å². The maximum absolute atomic E-state index is 12.4. The first-order valence-corrected chi connectivity index (χ1v) is 8.34. The van der Waals surface area contributed by atoms with Crippen LogP contribution in [0.1, 0.15) is 36.5 Å². The molecule has 5 nitrogen and oxygen atoms in total. The maximum Gasteiger partial charge on any atom is 0.251 e. The third kappa shape index (κ3) is 6.67. The van der Waals surface area contributed by atoms with Gasteiger partial charge in [-0.3, -0.25) is 4.79 Å². The molecular formula is C18H29ClN2O3. The Balaban J connectivity index is 0.00000288. The van der Waals surface area contributed by atoms with Gasteiger partial charge in [0.1, 0.15) is 5.75 Å². The SMILES string of the molecule is COCCCOc1cccc(C(=O)NCC2(C)CCNCC2)c1.Cl. The first-order chi connectivity index (χ1) is 11.1. The molecule has 0 bridgehead atoms. The number of rotatable bonds is 8. The zero-order valence-corrected chi connectivity index (χ0v) is 15.4. The molecule has 1 aromatic carbocycles. The largest absolute Gasteiger partial charge is 0.493 e. The second-order valence-electron chi connectivity index (χ2n) is 6.47. The summed E-state index contributed by atoms with van der Waals surface area (Å²) < 4.78 is 10.6. The molecule has 0 unspecified atom stereocenters. The van der Waals surface area contributed by atoms with Crippen molar-refractivity contribution in [1.29, 1.82) is 0 Å². The molecule has 2 rings (SSSR count). The highest BCUT2D eigenvalue weighted by molar-refractivity contribution is 5.94. The number of hydrogen-bond acceptors (Lipinski definition) is 4. The predicted octanol–water partition coefficient (Wildman–Crippen LogP) is 2.64. The van der Waals surface area contributed by atoms with E-state index in [9.17, 15) is 4.79 Å². The molecular weight excluding hydrogens is 328 g/mol. The Morgan fingerprint density at radius 3 is 2.75 bits per heavy atom. The van der Waals surface area contributed by atoms with Gasteiger partial charge >= 0.3 is 0 Å². The zero-order chi connectivity index (χ0) is 16.5. The van der Waals surface area contributed by atoms with E-state index in [4.69, 9.17) is 9.47 Å². The van der Waals surface area contributed by atoms with Gasteiger partial charge < -0.3 is 20.1 Å². The molecule has 0 aliphatic carbocycles. The van der Waals surface area contributed by atoms with Crippen molar-refractivity contribution in [3.05, 3.63) is 29.8 Å². The minimum Gasteiger partial charge on any atom is -0.493 e. The molecule has 1 amide bonds. The number of amides is 1. The monoisotopic (exact) mass is 356 g/mol. The van der Waals surface area contributed by atoms with Gasteiger partial charge in [0.05, 0.1) is 6.61 Å². The Morgan fingerprint density at radius 2 is 2.04 bits per heavy atom. The lowest BCUT2D eigenvalue weighted by Gasteiger charge is -2.34. The molecule has 1 fully saturated rings. The number of carbonyl (C=O) groups excluding carboxylic acids is 1. The zero-order valence-electron chi connectivity index (χ0n) is 14.6. The van der Waals surface area contributed by atoms with Crippen LogP contribution < -0.4 is 15.4 Å². The van der Waals surface area contributed by atoms with Gasteiger partial charge in [-0.25, -0.2) is 0 Å². The predicted molar refractivity (Wildman–Crippen MR) is 98.2 cm³/mol. The maximum atomic E-state index is 12.4. The molecule has 2 N–H and O–H groups in total. The van der Waals surface area contributed by atoms with E-state index in [1.807, 2.05) is 18.2 Å². The topological polar surface area (TPSA) is 59.6 Å². The smallest absolute Gasteiger partial charge is 0.251 e. The van der Waals surface area contributed by atoms with Crippen LogP contribution in [0.15, 0.2) is 24.3 Å². The molecule has 0 radical (unpaired) electrons. The molecule has 0 saturated carbocycles. The van der Waals surface area contributed by atoms with Crippen molar-refractivity contribution in [2.24, 2.45) is 5.41 Å². The first-order valence-electron chi connectivity index (χ1n) is 8.34. The Morgan fingerprint density at radius 1 is 1.29 bits per heavy atom. The van der Waals surface area contributed by atoms with Crippen molar-refractivity contribution in [3.8, 4) is 5.75 Å². The average molecular weight is 357 g/mol. The van der Waals surface area contributed by atoms with Crippen molar-refractivity contribution >= 4 is 18.3 Å². The van der Waals surface area contributed by atoms with E-state index in [2.05, 4.69) is 17.6 Å². The molecule has 1 heterocycles. The summed E-state index contributed by atoms with van der Waals surface area (Å²) in [6.07, 6.45) is 3.02. The molecule has 1 aliphatic rings. The summed E-state index contributed by atoms with van der Waals surface area (Å²) in [6, 6.07) is 7.35. The average Bonchev–Trinajstić information content (AvgIpc) is 2.58. The van der Waals surface area contributed by atoms with E-state index >= 15 is 0 Å². The van der Waals surface area contributed by atoms with Crippen LogP contribution in [0.25, 0.3) is 0 Å². The lowest BCUT2D eigenvalue weighted by molar-refractivity contribution is 0.0921. The molecule has 6 heteroatoms. The second-order valence-corrected chi connectivity index (χ2v) is 6.47. The van der Waals surface area contributed by atoms with Crippen molar-refractivity contribution in [2.45, 2.75) is 26.2 Å². The summed E-state index contributed by atoms with van der Waals surface area (Å²) in [5, 5.41) is 6.43. The Bertz CT molecular complexity index is 505. The quantitative estimate of drug-likeness (QED) is 0.703. The molecule has 24 heavy (non-hydrogen) atoms. The molecule has 1 aliphatic heterocycles. The third-order valence-electron chi connectivity index (χ3n) is 4.34. The fraction of sp³-hybridized carbons (Fsp3) is 0.611. The van der Waals surface area contributed by atoms with Gasteiger partial charge in [0.2, 0.25) is 0 Å². The van der Waals surface area contributed by atoms with Gasteiger partial charge in [0.15, 0.2) is 0 Å². The lowest BCUT2D eigenvalue weighted by atomic mass is 9.81. The van der Waals surface area contributed by atoms with Gasteiger partial charge in [-0.05, 0) is 49.5 Å². The number of halogens is 1. The Labute approximate surface area is 150 Å². The van der Waals surface area contributed by atoms with Crippen LogP contribution >= 0.6 is 12.4 Å². The van der Waals surface area contributed by atoms with Crippen LogP contribution in [0.4, 0.5) is 0 Å². The highest BCUT2D eigenvalue weighted by Gasteiger charge is 2.27. The van der Waals surface area contributed by atoms with Crippen LogP contribution in [-0.2, 0) is 4.74 Å². The fourth-order valence-electron chi connectivity index (χ4n) is 2.72. The van der Waals surface area contributed by atoms with Crippen LogP contribution in [-0.4, -0.2) is 45.9 Å². The summed E-state index contributed by atoms with van der Waals surface area (Å²) in [5.74, 6) is 0.689. The van der Waals surface area contributed by atoms with Crippen molar-refractivity contribution in [3.63, 3.8) is 0 Å². The standard InChI is InChI=1S/C18H28N2O3.ClH/c1-18(7-9-19-10-8-18)14-20-17(21)15-5-3-6-16(13-15)23-12-4-11-22-2;/h3,5-6,13,19H,4,7-12,14H2,1-2H3,(H,20,21);1H. The molecule has 136 valence electrons. The van der Waals surface area contributed by atoms with E-state index in [1.165, 1.54) is 0 Å². The van der Waals surface area contributed by atoms with E-state index in [-0.39, 0.29) is 23.7 Å². The molecule has 0 aromatic heterocycles. The van der Waals surface area contributed by atoms with Crippen molar-refractivity contribution in [2.75, 3.05) is 40.0 Å². The van der Waals surface area contributed by atoms with Crippen LogP contribution in [0.3, 0.4) is 0 Å². The van der Waals surface area contributed by atoms with E-state index < -0.39 is 0 Å². The van der Waals surface area contributed by atoms with Gasteiger partial charge in [-0.1, -0.05) is 13.0 Å². The van der Waals surface area contributed by atoms with E-state index in [0.29, 0.717) is 25.3 Å². The fourth-order valence-corrected chi connectivity index (χ4v) is 2.72. The number of methoxy groups -OCH3 is 1. The number of nitrogens with one attached hydrogen (secondary N) is 2. The second kappa shape index (κ2) is 10.5. The van der Waals surface area contributed by atoms with Crippen LogP contribution in [0.2, 0.25) is 0 Å². The normalized spacial score (nSPS) is 16.1. The first kappa shape index (κ1) is 20.7. The summed E-state index contributed by atoms with van der Waals surface area (Å²) in [7, 11) is 1.67. The summed E-state index contributed by atoms with van der Waals surface area (Å²) in [5.41, 5.74) is 0.835. The highest BCUT2D eigenvalue weighted by Crippen LogP contribution is 2.26. The Hall–Kier alpha value is -1.30. The molecule has 0 atom stereocenters. The number of ether oxygens (including phenoxy) is 2. The minimum absolute atomic E-state index is 0. The number of benzene rings is 1. The van der Waals surface area contributed by atoms with Gasteiger partial charge in [-0.15, -0.1) is 12.4 Å². The van der Waals surface area contributed by atoms with E-state index in [1.54, 1.807) is 13.2 Å². The van der Waals surface area contributed by atoms with Crippen LogP contribution in [0, 0.1) is 5.41 Å². The van der Waals surface area contributed by atoms with Crippen LogP contribution in [0.5, 0.6) is 5.75 Å². The number of carbonyl (C=O) groups is 1. The lowest BCUT2D eigenvalue weighted by Crippen LogP contribution is -2.42. The molecule has 1 saturated heterocycles. The minimum atomic E-state index is -0.0351. The summed E-state index contributed by atoms with van der Waals surface area (Å²) in [4.78, 5) is 12.4. The highest BCUT2D eigenvalue weighted by atomic mass is 35.5. The van der Waals surface area contributed by atoms with Gasteiger partial charge in [-0.2, -0.15) is 0 Å². The Kier molecular flexibility index (Phi) is 9.11. The molecule has 1 aromatic rings. The molecule has 0 spiro atoms. The van der Waals surface area contributed by atoms with Crippen molar-refractivity contribution < 1.29 is 14.3 Å². The third-order valence-corrected chi connectivity index (χ3v) is 4.34. The van der Waals surface area contributed by atoms with Crippen molar-refractivity contribution in [1.82, 2.24) is 10.6 Å². The number of hydrogen-bond donors (Lipinski definition) is 2. The summed E-state index contributed by atoms with van der Waals surface area (Å²) >= 11 is 0.